The van der Waals surface area contributed by atoms with Gasteiger partial charge in [0.15, 0.2) is 0 Å². The molecule has 0 aromatic carbocycles. The number of amides is 1. The van der Waals surface area contributed by atoms with Crippen molar-refractivity contribution in [3.05, 3.63) is 0 Å². The molecule has 0 spiro atoms. The number of hydrogen-bond acceptors (Lipinski definition) is 3. The Hall–Kier alpha value is -1.24. The van der Waals surface area contributed by atoms with Gasteiger partial charge in [0.2, 0.25) is 0 Å². The maximum atomic E-state index is 11.9. The maximum Gasteiger partial charge on any atom is 0.410 e. The Kier molecular flexibility index (Phi) is 5.01. The first kappa shape index (κ1) is 14.8. The summed E-state index contributed by atoms with van der Waals surface area (Å²) in [4.78, 5) is 13.7. The number of nitrogens with zero attached hydrogens (tertiary/aromatic N) is 2. The fourth-order valence-corrected chi connectivity index (χ4v) is 2.37. The molecular weight excluding hydrogens is 228 g/mol. The Bertz CT molecular complexity index is 328. The molecule has 1 saturated heterocycles. The molecule has 0 aromatic heterocycles. The molecule has 1 aliphatic heterocycles. The number of carbonyl (C=O) groups excluding carboxylic acids is 1. The first-order valence-electron chi connectivity index (χ1n) is 6.68. The average Bonchev–Trinajstić information content (AvgIpc) is 2.25. The van der Waals surface area contributed by atoms with Crippen LogP contribution in [0.15, 0.2) is 0 Å². The number of ether oxygens (including phenoxy) is 1. The van der Waals surface area contributed by atoms with Crippen LogP contribution in [-0.2, 0) is 4.74 Å². The Morgan fingerprint density at radius 2 is 2.17 bits per heavy atom. The fourth-order valence-electron chi connectivity index (χ4n) is 2.37. The van der Waals surface area contributed by atoms with E-state index < -0.39 is 5.60 Å². The SMILES string of the molecule is CC1CN(C(=O)OC(C)(C)C)CCC1CCC#N. The van der Waals surface area contributed by atoms with Gasteiger partial charge in [-0.25, -0.2) is 4.79 Å². The van der Waals surface area contributed by atoms with E-state index in [1.54, 1.807) is 4.90 Å². The molecule has 0 N–H and O–H groups in total. The largest absolute Gasteiger partial charge is 0.444 e. The van der Waals surface area contributed by atoms with E-state index >= 15 is 0 Å². The molecule has 0 saturated carbocycles. The summed E-state index contributed by atoms with van der Waals surface area (Å²) in [6.07, 6.45) is 2.32. The van der Waals surface area contributed by atoms with Crippen LogP contribution in [0.4, 0.5) is 4.79 Å². The van der Waals surface area contributed by atoms with Crippen molar-refractivity contribution >= 4 is 6.09 Å². The van der Waals surface area contributed by atoms with Crippen LogP contribution < -0.4 is 0 Å². The summed E-state index contributed by atoms with van der Waals surface area (Å²) in [6.45, 7) is 9.29. The summed E-state index contributed by atoms with van der Waals surface area (Å²) >= 11 is 0. The molecule has 0 aliphatic carbocycles. The van der Waals surface area contributed by atoms with Gasteiger partial charge in [-0.05, 0) is 45.4 Å². The highest BCUT2D eigenvalue weighted by atomic mass is 16.6. The number of hydrogen-bond donors (Lipinski definition) is 0. The topological polar surface area (TPSA) is 53.3 Å². The van der Waals surface area contributed by atoms with Crippen LogP contribution in [0.2, 0.25) is 0 Å². The lowest BCUT2D eigenvalue weighted by atomic mass is 9.84. The molecule has 0 bridgehead atoms. The first-order chi connectivity index (χ1) is 8.33. The molecule has 4 heteroatoms. The van der Waals surface area contributed by atoms with Gasteiger partial charge in [-0.1, -0.05) is 6.92 Å². The molecular formula is C14H24N2O2. The normalized spacial score (nSPS) is 24.5. The zero-order valence-electron chi connectivity index (χ0n) is 11.9. The molecule has 4 nitrogen and oxygen atoms in total. The van der Waals surface area contributed by atoms with E-state index in [4.69, 9.17) is 10.00 Å². The minimum Gasteiger partial charge on any atom is -0.444 e. The molecule has 102 valence electrons. The van der Waals surface area contributed by atoms with Crippen LogP contribution in [0.3, 0.4) is 0 Å². The molecule has 2 unspecified atom stereocenters. The average molecular weight is 252 g/mol. The van der Waals surface area contributed by atoms with Crippen LogP contribution in [0.1, 0.15) is 47.0 Å². The zero-order valence-corrected chi connectivity index (χ0v) is 11.9. The Morgan fingerprint density at radius 3 is 2.67 bits per heavy atom. The maximum absolute atomic E-state index is 11.9. The Morgan fingerprint density at radius 1 is 1.50 bits per heavy atom. The van der Waals surface area contributed by atoms with Crippen molar-refractivity contribution in [2.75, 3.05) is 13.1 Å². The lowest BCUT2D eigenvalue weighted by molar-refractivity contribution is 0.0112. The first-order valence-corrected chi connectivity index (χ1v) is 6.68. The van der Waals surface area contributed by atoms with Crippen LogP contribution in [0, 0.1) is 23.2 Å². The van der Waals surface area contributed by atoms with E-state index in [1.165, 1.54) is 0 Å². The highest BCUT2D eigenvalue weighted by Gasteiger charge is 2.30. The molecule has 1 amide bonds. The minimum absolute atomic E-state index is 0.215. The highest BCUT2D eigenvalue weighted by molar-refractivity contribution is 5.68. The van der Waals surface area contributed by atoms with Gasteiger partial charge >= 0.3 is 6.09 Å². The number of piperidine rings is 1. The summed E-state index contributed by atoms with van der Waals surface area (Å²) in [7, 11) is 0. The van der Waals surface area contributed by atoms with E-state index in [0.29, 0.717) is 18.3 Å². The summed E-state index contributed by atoms with van der Waals surface area (Å²) in [5.41, 5.74) is -0.433. The second kappa shape index (κ2) is 6.08. The van der Waals surface area contributed by atoms with Gasteiger partial charge in [-0.2, -0.15) is 5.26 Å². The van der Waals surface area contributed by atoms with Crippen molar-refractivity contribution in [3.8, 4) is 6.07 Å². The van der Waals surface area contributed by atoms with Crippen molar-refractivity contribution in [2.45, 2.75) is 52.6 Å². The fraction of sp³-hybridized carbons (Fsp3) is 0.857. The van der Waals surface area contributed by atoms with Crippen molar-refractivity contribution < 1.29 is 9.53 Å². The number of rotatable bonds is 2. The van der Waals surface area contributed by atoms with Gasteiger partial charge in [0.1, 0.15) is 5.60 Å². The molecule has 1 heterocycles. The van der Waals surface area contributed by atoms with Crippen LogP contribution in [0.5, 0.6) is 0 Å². The zero-order chi connectivity index (χ0) is 13.8. The Labute approximate surface area is 110 Å². The molecule has 0 aromatic rings. The monoisotopic (exact) mass is 252 g/mol. The Balaban J connectivity index is 2.45. The second-order valence-corrected chi connectivity index (χ2v) is 6.15. The summed E-state index contributed by atoms with van der Waals surface area (Å²) in [5.74, 6) is 1.00. The molecule has 1 aliphatic rings. The van der Waals surface area contributed by atoms with Gasteiger partial charge in [0.25, 0.3) is 0 Å². The minimum atomic E-state index is -0.433. The van der Waals surface area contributed by atoms with Gasteiger partial charge in [-0.15, -0.1) is 0 Å². The number of likely N-dealkylation sites (tertiary alicyclic amines) is 1. The second-order valence-electron chi connectivity index (χ2n) is 6.15. The van der Waals surface area contributed by atoms with Gasteiger partial charge < -0.3 is 9.64 Å². The molecule has 1 fully saturated rings. The molecule has 1 rings (SSSR count). The van der Waals surface area contributed by atoms with E-state index in [0.717, 1.165) is 25.9 Å². The molecule has 2 atom stereocenters. The summed E-state index contributed by atoms with van der Waals surface area (Å²) < 4.78 is 5.38. The van der Waals surface area contributed by atoms with Gasteiger partial charge in [0.05, 0.1) is 6.07 Å². The van der Waals surface area contributed by atoms with Crippen molar-refractivity contribution in [2.24, 2.45) is 11.8 Å². The summed E-state index contributed by atoms with van der Waals surface area (Å²) in [5, 5.41) is 8.62. The molecule has 0 radical (unpaired) electrons. The van der Waals surface area contributed by atoms with Crippen LogP contribution >= 0.6 is 0 Å². The van der Waals surface area contributed by atoms with E-state index in [9.17, 15) is 4.79 Å². The summed E-state index contributed by atoms with van der Waals surface area (Å²) in [6, 6.07) is 2.20. The van der Waals surface area contributed by atoms with Crippen LogP contribution in [-0.4, -0.2) is 29.7 Å². The lowest BCUT2D eigenvalue weighted by Gasteiger charge is -2.37. The smallest absolute Gasteiger partial charge is 0.410 e. The number of carbonyl (C=O) groups is 1. The predicted molar refractivity (Wildman–Crippen MR) is 69.9 cm³/mol. The standard InChI is InChI=1S/C14H24N2O2/c1-11-10-16(13(17)18-14(2,3)4)9-7-12(11)6-5-8-15/h11-12H,5-7,9-10H2,1-4H3. The van der Waals surface area contributed by atoms with E-state index in [2.05, 4.69) is 13.0 Å². The highest BCUT2D eigenvalue weighted by Crippen LogP contribution is 2.28. The third kappa shape index (κ3) is 4.56. The molecule has 18 heavy (non-hydrogen) atoms. The van der Waals surface area contributed by atoms with Gasteiger partial charge in [0, 0.05) is 19.5 Å². The number of nitriles is 1. The third-order valence-corrected chi connectivity index (χ3v) is 3.36. The van der Waals surface area contributed by atoms with Crippen molar-refractivity contribution in [1.29, 1.82) is 5.26 Å². The van der Waals surface area contributed by atoms with Crippen molar-refractivity contribution in [3.63, 3.8) is 0 Å². The van der Waals surface area contributed by atoms with E-state index in [-0.39, 0.29) is 6.09 Å². The quantitative estimate of drug-likeness (QED) is 0.758. The van der Waals surface area contributed by atoms with Gasteiger partial charge in [-0.3, -0.25) is 0 Å². The third-order valence-electron chi connectivity index (χ3n) is 3.36. The predicted octanol–water partition coefficient (Wildman–Crippen LogP) is 3.18. The lowest BCUT2D eigenvalue weighted by Crippen LogP contribution is -2.45. The van der Waals surface area contributed by atoms with Crippen molar-refractivity contribution in [1.82, 2.24) is 4.90 Å². The van der Waals surface area contributed by atoms with E-state index in [1.807, 2.05) is 20.8 Å². The van der Waals surface area contributed by atoms with Crippen LogP contribution in [0.25, 0.3) is 0 Å².